The zero-order valence-corrected chi connectivity index (χ0v) is 12.3. The number of nitrogens with one attached hydrogen (secondary N) is 1. The number of aryl methyl sites for hydroxylation is 1. The minimum atomic E-state index is -0.102. The summed E-state index contributed by atoms with van der Waals surface area (Å²) in [6.45, 7) is 4.38. The Morgan fingerprint density at radius 3 is 2.95 bits per heavy atom. The number of carbonyl (C=O) groups is 1. The first-order chi connectivity index (χ1) is 10.1. The van der Waals surface area contributed by atoms with Gasteiger partial charge in [-0.25, -0.2) is 4.68 Å². The van der Waals surface area contributed by atoms with Crippen LogP contribution in [-0.2, 0) is 6.54 Å². The minimum absolute atomic E-state index is 0.102. The van der Waals surface area contributed by atoms with Crippen molar-refractivity contribution >= 4 is 5.91 Å². The van der Waals surface area contributed by atoms with Crippen LogP contribution in [0.4, 0.5) is 0 Å². The maximum absolute atomic E-state index is 12.4. The number of hydrogen-bond acceptors (Lipinski definition) is 4. The number of amides is 1. The molecule has 6 nitrogen and oxygen atoms in total. The molecule has 1 aromatic carbocycles. The molecule has 0 unspecified atom stereocenters. The van der Waals surface area contributed by atoms with Crippen molar-refractivity contribution in [2.45, 2.75) is 19.5 Å². The van der Waals surface area contributed by atoms with Crippen molar-refractivity contribution in [3.05, 3.63) is 47.3 Å². The molecule has 1 saturated heterocycles. The predicted octanol–water partition coefficient (Wildman–Crippen LogP) is 1.00. The van der Waals surface area contributed by atoms with E-state index in [4.69, 9.17) is 0 Å². The molecule has 1 N–H and O–H groups in total. The van der Waals surface area contributed by atoms with Crippen LogP contribution in [-0.4, -0.2) is 45.9 Å². The lowest BCUT2D eigenvalue weighted by molar-refractivity contribution is 0.0779. The molecule has 0 saturated carbocycles. The standard InChI is InChI=1S/C15H19N5O/c1-11-4-3-5-12(6-11)9-19(2)15(21)14-10-20(18-17-14)13-7-16-8-13/h3-6,10,13,16H,7-9H2,1-2H3. The Kier molecular flexibility index (Phi) is 3.70. The molecule has 6 heteroatoms. The van der Waals surface area contributed by atoms with E-state index < -0.39 is 0 Å². The summed E-state index contributed by atoms with van der Waals surface area (Å²) in [5, 5.41) is 11.2. The van der Waals surface area contributed by atoms with Crippen molar-refractivity contribution in [3.63, 3.8) is 0 Å². The Labute approximate surface area is 123 Å². The van der Waals surface area contributed by atoms with E-state index in [2.05, 4.69) is 21.7 Å². The van der Waals surface area contributed by atoms with Crippen molar-refractivity contribution in [2.24, 2.45) is 0 Å². The lowest BCUT2D eigenvalue weighted by Crippen LogP contribution is -2.43. The summed E-state index contributed by atoms with van der Waals surface area (Å²) in [5.41, 5.74) is 2.70. The summed E-state index contributed by atoms with van der Waals surface area (Å²) in [6, 6.07) is 8.47. The van der Waals surface area contributed by atoms with Gasteiger partial charge in [0.15, 0.2) is 5.69 Å². The Morgan fingerprint density at radius 1 is 1.48 bits per heavy atom. The van der Waals surface area contributed by atoms with Crippen LogP contribution in [0.25, 0.3) is 0 Å². The number of hydrogen-bond donors (Lipinski definition) is 1. The summed E-state index contributed by atoms with van der Waals surface area (Å²) in [7, 11) is 1.79. The van der Waals surface area contributed by atoms with Gasteiger partial charge in [-0.2, -0.15) is 0 Å². The van der Waals surface area contributed by atoms with E-state index in [-0.39, 0.29) is 5.91 Å². The van der Waals surface area contributed by atoms with Crippen LogP contribution in [0.1, 0.15) is 27.7 Å². The van der Waals surface area contributed by atoms with E-state index in [1.165, 1.54) is 5.56 Å². The Bertz CT molecular complexity index is 647. The molecule has 1 aliphatic rings. The molecule has 3 rings (SSSR count). The first kappa shape index (κ1) is 13.8. The SMILES string of the molecule is Cc1cccc(CN(C)C(=O)c2cn(C3CNC3)nn2)c1. The summed E-state index contributed by atoms with van der Waals surface area (Å²) >= 11 is 0. The molecular formula is C15H19N5O. The molecular weight excluding hydrogens is 266 g/mol. The van der Waals surface area contributed by atoms with Crippen molar-refractivity contribution in [2.75, 3.05) is 20.1 Å². The third-order valence-corrected chi connectivity index (χ3v) is 3.71. The summed E-state index contributed by atoms with van der Waals surface area (Å²) < 4.78 is 1.77. The molecule has 21 heavy (non-hydrogen) atoms. The average Bonchev–Trinajstić information content (AvgIpc) is 2.85. The van der Waals surface area contributed by atoms with Crippen molar-refractivity contribution in [1.29, 1.82) is 0 Å². The highest BCUT2D eigenvalue weighted by Gasteiger charge is 2.22. The fourth-order valence-corrected chi connectivity index (χ4v) is 2.37. The highest BCUT2D eigenvalue weighted by Crippen LogP contribution is 2.12. The highest BCUT2D eigenvalue weighted by molar-refractivity contribution is 5.91. The third-order valence-electron chi connectivity index (χ3n) is 3.71. The molecule has 1 aliphatic heterocycles. The van der Waals surface area contributed by atoms with Crippen LogP contribution in [0.5, 0.6) is 0 Å². The molecule has 1 fully saturated rings. The minimum Gasteiger partial charge on any atom is -0.336 e. The molecule has 2 heterocycles. The van der Waals surface area contributed by atoms with Crippen molar-refractivity contribution in [3.8, 4) is 0 Å². The smallest absolute Gasteiger partial charge is 0.276 e. The van der Waals surface area contributed by atoms with Crippen LogP contribution in [0.15, 0.2) is 30.5 Å². The van der Waals surface area contributed by atoms with Gasteiger partial charge in [0.05, 0.1) is 12.2 Å². The van der Waals surface area contributed by atoms with Gasteiger partial charge in [-0.3, -0.25) is 4.79 Å². The fourth-order valence-electron chi connectivity index (χ4n) is 2.37. The monoisotopic (exact) mass is 285 g/mol. The average molecular weight is 285 g/mol. The van der Waals surface area contributed by atoms with Gasteiger partial charge in [-0.15, -0.1) is 5.10 Å². The zero-order valence-electron chi connectivity index (χ0n) is 12.3. The second-order valence-corrected chi connectivity index (χ2v) is 5.55. The second kappa shape index (κ2) is 5.65. The van der Waals surface area contributed by atoms with Crippen LogP contribution < -0.4 is 5.32 Å². The Morgan fingerprint density at radius 2 is 2.29 bits per heavy atom. The lowest BCUT2D eigenvalue weighted by atomic mass is 10.1. The maximum atomic E-state index is 12.4. The van der Waals surface area contributed by atoms with Gasteiger partial charge in [0, 0.05) is 26.7 Å². The fraction of sp³-hybridized carbons (Fsp3) is 0.400. The van der Waals surface area contributed by atoms with Gasteiger partial charge >= 0.3 is 0 Å². The van der Waals surface area contributed by atoms with Gasteiger partial charge < -0.3 is 10.2 Å². The topological polar surface area (TPSA) is 63.1 Å². The summed E-state index contributed by atoms with van der Waals surface area (Å²) in [5.74, 6) is -0.102. The van der Waals surface area contributed by atoms with Crippen LogP contribution in [0, 0.1) is 6.92 Å². The summed E-state index contributed by atoms with van der Waals surface area (Å²) in [6.07, 6.45) is 1.74. The van der Waals surface area contributed by atoms with E-state index in [1.807, 2.05) is 25.1 Å². The molecule has 1 aromatic heterocycles. The van der Waals surface area contributed by atoms with E-state index in [9.17, 15) is 4.79 Å². The number of aromatic nitrogens is 3. The largest absolute Gasteiger partial charge is 0.336 e. The van der Waals surface area contributed by atoms with Gasteiger partial charge in [0.25, 0.3) is 5.91 Å². The molecule has 0 spiro atoms. The quantitative estimate of drug-likeness (QED) is 0.910. The Balaban J connectivity index is 1.67. The van der Waals surface area contributed by atoms with Crippen LogP contribution in [0.3, 0.4) is 0 Å². The van der Waals surface area contributed by atoms with E-state index in [0.29, 0.717) is 18.3 Å². The third kappa shape index (κ3) is 2.95. The predicted molar refractivity (Wildman–Crippen MR) is 78.9 cm³/mol. The summed E-state index contributed by atoms with van der Waals surface area (Å²) in [4.78, 5) is 14.0. The van der Waals surface area contributed by atoms with Crippen molar-refractivity contribution in [1.82, 2.24) is 25.2 Å². The van der Waals surface area contributed by atoms with E-state index >= 15 is 0 Å². The Hall–Kier alpha value is -2.21. The molecule has 0 aliphatic carbocycles. The van der Waals surface area contributed by atoms with Gasteiger partial charge in [-0.05, 0) is 12.5 Å². The number of benzene rings is 1. The van der Waals surface area contributed by atoms with Gasteiger partial charge in [0.1, 0.15) is 0 Å². The van der Waals surface area contributed by atoms with E-state index in [0.717, 1.165) is 18.7 Å². The normalized spacial score (nSPS) is 14.8. The molecule has 1 amide bonds. The number of carbonyl (C=O) groups excluding carboxylic acids is 1. The highest BCUT2D eigenvalue weighted by atomic mass is 16.2. The maximum Gasteiger partial charge on any atom is 0.276 e. The van der Waals surface area contributed by atoms with Gasteiger partial charge in [-0.1, -0.05) is 35.0 Å². The van der Waals surface area contributed by atoms with Crippen LogP contribution >= 0.6 is 0 Å². The molecule has 110 valence electrons. The first-order valence-corrected chi connectivity index (χ1v) is 7.07. The molecule has 0 bridgehead atoms. The second-order valence-electron chi connectivity index (χ2n) is 5.55. The first-order valence-electron chi connectivity index (χ1n) is 7.07. The van der Waals surface area contributed by atoms with Crippen molar-refractivity contribution < 1.29 is 4.79 Å². The van der Waals surface area contributed by atoms with Gasteiger partial charge in [0.2, 0.25) is 0 Å². The molecule has 0 radical (unpaired) electrons. The van der Waals surface area contributed by atoms with Crippen LogP contribution in [0.2, 0.25) is 0 Å². The zero-order chi connectivity index (χ0) is 14.8. The number of rotatable bonds is 4. The van der Waals surface area contributed by atoms with E-state index in [1.54, 1.807) is 22.8 Å². The molecule has 0 atom stereocenters. The molecule has 2 aromatic rings. The number of nitrogens with zero attached hydrogens (tertiary/aromatic N) is 4. The lowest BCUT2D eigenvalue weighted by Gasteiger charge is -2.26.